The highest BCUT2D eigenvalue weighted by atomic mass is 79.9. The zero-order chi connectivity index (χ0) is 15.4. The average molecular weight is 376 g/mol. The van der Waals surface area contributed by atoms with Gasteiger partial charge in [-0.25, -0.2) is 9.37 Å². The van der Waals surface area contributed by atoms with Crippen molar-refractivity contribution in [1.82, 2.24) is 4.98 Å². The standard InChI is InChI=1S/C16H11BrFN3S/c17-13-5-3-12(4-6-13)15-10-22-16(20-15)21-19-9-11-1-7-14(18)8-2-11/h1-10H,(H,20,21)/b19-9+. The van der Waals surface area contributed by atoms with E-state index in [9.17, 15) is 4.39 Å². The molecule has 1 aromatic heterocycles. The maximum atomic E-state index is 12.8. The summed E-state index contributed by atoms with van der Waals surface area (Å²) < 4.78 is 13.8. The molecule has 6 heteroatoms. The molecule has 0 aliphatic heterocycles. The first-order valence-corrected chi connectivity index (χ1v) is 8.14. The van der Waals surface area contributed by atoms with Gasteiger partial charge in [0.2, 0.25) is 5.13 Å². The van der Waals surface area contributed by atoms with E-state index in [1.807, 2.05) is 29.6 Å². The summed E-state index contributed by atoms with van der Waals surface area (Å²) in [6.45, 7) is 0. The SMILES string of the molecule is Fc1ccc(/C=N/Nc2nc(-c3ccc(Br)cc3)cs2)cc1. The highest BCUT2D eigenvalue weighted by Gasteiger charge is 2.03. The first kappa shape index (κ1) is 14.9. The molecule has 0 saturated heterocycles. The summed E-state index contributed by atoms with van der Waals surface area (Å²) in [5.74, 6) is -0.260. The van der Waals surface area contributed by atoms with E-state index in [2.05, 4.69) is 31.4 Å². The molecule has 110 valence electrons. The van der Waals surface area contributed by atoms with Crippen molar-refractivity contribution in [3.8, 4) is 11.3 Å². The van der Waals surface area contributed by atoms with Crippen LogP contribution >= 0.6 is 27.3 Å². The van der Waals surface area contributed by atoms with Gasteiger partial charge in [0.25, 0.3) is 0 Å². The summed E-state index contributed by atoms with van der Waals surface area (Å²) in [5.41, 5.74) is 5.65. The summed E-state index contributed by atoms with van der Waals surface area (Å²) in [5, 5.41) is 6.78. The number of nitrogens with one attached hydrogen (secondary N) is 1. The van der Waals surface area contributed by atoms with Gasteiger partial charge in [0.15, 0.2) is 0 Å². The van der Waals surface area contributed by atoms with Crippen LogP contribution in [-0.4, -0.2) is 11.2 Å². The largest absolute Gasteiger partial charge is 0.253 e. The van der Waals surface area contributed by atoms with E-state index in [4.69, 9.17) is 0 Å². The minimum Gasteiger partial charge on any atom is -0.253 e. The molecule has 0 spiro atoms. The molecule has 0 radical (unpaired) electrons. The molecule has 0 bridgehead atoms. The van der Waals surface area contributed by atoms with Gasteiger partial charge in [-0.15, -0.1) is 11.3 Å². The van der Waals surface area contributed by atoms with Crippen LogP contribution in [0.3, 0.4) is 0 Å². The second-order valence-corrected chi connectivity index (χ2v) is 6.24. The zero-order valence-electron chi connectivity index (χ0n) is 11.3. The Labute approximate surface area is 139 Å². The summed E-state index contributed by atoms with van der Waals surface area (Å²) in [4.78, 5) is 4.47. The van der Waals surface area contributed by atoms with Crippen LogP contribution in [0.1, 0.15) is 5.56 Å². The Balaban J connectivity index is 1.66. The van der Waals surface area contributed by atoms with Crippen LogP contribution in [0.4, 0.5) is 9.52 Å². The van der Waals surface area contributed by atoms with Crippen molar-refractivity contribution in [3.63, 3.8) is 0 Å². The predicted octanol–water partition coefficient (Wildman–Crippen LogP) is 5.16. The van der Waals surface area contributed by atoms with Crippen molar-refractivity contribution >= 4 is 38.6 Å². The molecule has 0 amide bonds. The number of anilines is 1. The van der Waals surface area contributed by atoms with Crippen LogP contribution in [0, 0.1) is 5.82 Å². The number of halogens is 2. The Bertz CT molecular complexity index is 782. The van der Waals surface area contributed by atoms with Crippen LogP contribution in [0.5, 0.6) is 0 Å². The highest BCUT2D eigenvalue weighted by Crippen LogP contribution is 2.25. The number of thiazole rings is 1. The fourth-order valence-corrected chi connectivity index (χ4v) is 2.72. The number of rotatable bonds is 4. The Kier molecular flexibility index (Phi) is 4.60. The lowest BCUT2D eigenvalue weighted by atomic mass is 10.2. The lowest BCUT2D eigenvalue weighted by molar-refractivity contribution is 0.628. The highest BCUT2D eigenvalue weighted by molar-refractivity contribution is 9.10. The quantitative estimate of drug-likeness (QED) is 0.505. The molecule has 1 heterocycles. The van der Waals surface area contributed by atoms with Crippen molar-refractivity contribution in [3.05, 3.63) is 69.8 Å². The van der Waals surface area contributed by atoms with Crippen LogP contribution < -0.4 is 5.43 Å². The molecule has 0 aliphatic carbocycles. The third-order valence-electron chi connectivity index (χ3n) is 2.89. The van der Waals surface area contributed by atoms with Crippen molar-refractivity contribution in [2.24, 2.45) is 5.10 Å². The van der Waals surface area contributed by atoms with Crippen molar-refractivity contribution < 1.29 is 4.39 Å². The lowest BCUT2D eigenvalue weighted by Gasteiger charge is -1.97. The number of aromatic nitrogens is 1. The van der Waals surface area contributed by atoms with Gasteiger partial charge in [0.1, 0.15) is 5.82 Å². The molecule has 0 saturated carbocycles. The summed E-state index contributed by atoms with van der Waals surface area (Å²) >= 11 is 4.89. The van der Waals surface area contributed by atoms with Crippen molar-refractivity contribution in [2.75, 3.05) is 5.43 Å². The molecule has 3 aromatic rings. The molecular formula is C16H11BrFN3S. The molecule has 1 N–H and O–H groups in total. The zero-order valence-corrected chi connectivity index (χ0v) is 13.7. The lowest BCUT2D eigenvalue weighted by Crippen LogP contribution is -1.90. The van der Waals surface area contributed by atoms with E-state index in [1.165, 1.54) is 23.5 Å². The van der Waals surface area contributed by atoms with Crippen molar-refractivity contribution in [2.45, 2.75) is 0 Å². The van der Waals surface area contributed by atoms with Crippen LogP contribution in [-0.2, 0) is 0 Å². The Hall–Kier alpha value is -2.05. The summed E-state index contributed by atoms with van der Waals surface area (Å²) in [6, 6.07) is 14.1. The van der Waals surface area contributed by atoms with E-state index < -0.39 is 0 Å². The molecule has 0 atom stereocenters. The molecule has 0 fully saturated rings. The van der Waals surface area contributed by atoms with Gasteiger partial charge in [0.05, 0.1) is 11.9 Å². The molecular weight excluding hydrogens is 365 g/mol. The molecule has 2 aromatic carbocycles. The minimum atomic E-state index is -0.260. The van der Waals surface area contributed by atoms with Gasteiger partial charge in [0, 0.05) is 15.4 Å². The van der Waals surface area contributed by atoms with E-state index in [1.54, 1.807) is 18.3 Å². The maximum Gasteiger partial charge on any atom is 0.203 e. The number of hydrazone groups is 1. The molecule has 0 aliphatic rings. The van der Waals surface area contributed by atoms with Crippen molar-refractivity contribution in [1.29, 1.82) is 0 Å². The van der Waals surface area contributed by atoms with Gasteiger partial charge in [-0.2, -0.15) is 5.10 Å². The summed E-state index contributed by atoms with van der Waals surface area (Å²) in [6.07, 6.45) is 1.63. The Morgan fingerprint density at radius 1 is 1.09 bits per heavy atom. The fraction of sp³-hybridized carbons (Fsp3) is 0. The summed E-state index contributed by atoms with van der Waals surface area (Å²) in [7, 11) is 0. The molecule has 3 rings (SSSR count). The number of hydrogen-bond acceptors (Lipinski definition) is 4. The molecule has 22 heavy (non-hydrogen) atoms. The number of hydrogen-bond donors (Lipinski definition) is 1. The molecule has 0 unspecified atom stereocenters. The van der Waals surface area contributed by atoms with Gasteiger partial charge in [-0.3, -0.25) is 5.43 Å². The van der Waals surface area contributed by atoms with Crippen LogP contribution in [0.15, 0.2) is 63.5 Å². The topological polar surface area (TPSA) is 37.3 Å². The van der Waals surface area contributed by atoms with Crippen LogP contribution in [0.2, 0.25) is 0 Å². The smallest absolute Gasteiger partial charge is 0.203 e. The fourth-order valence-electron chi connectivity index (χ4n) is 1.79. The van der Waals surface area contributed by atoms with Gasteiger partial charge < -0.3 is 0 Å². The average Bonchev–Trinajstić information content (AvgIpc) is 2.99. The third-order valence-corrected chi connectivity index (χ3v) is 4.16. The Morgan fingerprint density at radius 2 is 1.82 bits per heavy atom. The van der Waals surface area contributed by atoms with Gasteiger partial charge in [-0.1, -0.05) is 40.2 Å². The third kappa shape index (κ3) is 3.78. The first-order valence-electron chi connectivity index (χ1n) is 6.47. The van der Waals surface area contributed by atoms with Crippen LogP contribution in [0.25, 0.3) is 11.3 Å². The number of benzene rings is 2. The normalized spacial score (nSPS) is 11.0. The van der Waals surface area contributed by atoms with E-state index >= 15 is 0 Å². The van der Waals surface area contributed by atoms with E-state index in [0.717, 1.165) is 21.3 Å². The maximum absolute atomic E-state index is 12.8. The predicted molar refractivity (Wildman–Crippen MR) is 92.9 cm³/mol. The van der Waals surface area contributed by atoms with E-state index in [0.29, 0.717) is 5.13 Å². The number of nitrogens with zero attached hydrogens (tertiary/aromatic N) is 2. The first-order chi connectivity index (χ1) is 10.7. The Morgan fingerprint density at radius 3 is 2.55 bits per heavy atom. The van der Waals surface area contributed by atoms with E-state index in [-0.39, 0.29) is 5.82 Å². The van der Waals surface area contributed by atoms with Gasteiger partial charge >= 0.3 is 0 Å². The molecule has 3 nitrogen and oxygen atoms in total. The minimum absolute atomic E-state index is 0.260. The monoisotopic (exact) mass is 375 g/mol. The second kappa shape index (κ2) is 6.81. The second-order valence-electron chi connectivity index (χ2n) is 4.47. The van der Waals surface area contributed by atoms with Gasteiger partial charge in [-0.05, 0) is 29.8 Å².